The van der Waals surface area contributed by atoms with Crippen molar-refractivity contribution < 1.29 is 0 Å². The summed E-state index contributed by atoms with van der Waals surface area (Å²) in [6.45, 7) is 6.54. The molecule has 0 aromatic heterocycles. The normalized spacial score (nSPS) is 10.2. The van der Waals surface area contributed by atoms with E-state index >= 15 is 0 Å². The molecule has 0 aliphatic carbocycles. The van der Waals surface area contributed by atoms with E-state index in [0.717, 1.165) is 18.8 Å². The van der Waals surface area contributed by atoms with Crippen molar-refractivity contribution in [3.8, 4) is 0 Å². The topological polar surface area (TPSA) is 29.3 Å². The largest absolute Gasteiger partial charge is 0.399 e. The zero-order chi connectivity index (χ0) is 10.6. The van der Waals surface area contributed by atoms with E-state index in [1.54, 1.807) is 0 Å². The average Bonchev–Trinajstić information content (AvgIpc) is 2.15. The molecule has 0 heterocycles. The SMILES string of the molecule is CCCN(CC)c1ccc(N)cc1I. The Morgan fingerprint density at radius 1 is 1.36 bits per heavy atom. The summed E-state index contributed by atoms with van der Waals surface area (Å²) in [5, 5.41) is 0. The van der Waals surface area contributed by atoms with Crippen molar-refractivity contribution in [1.82, 2.24) is 0 Å². The zero-order valence-corrected chi connectivity index (χ0v) is 10.9. The molecule has 0 radical (unpaired) electrons. The van der Waals surface area contributed by atoms with E-state index < -0.39 is 0 Å². The van der Waals surface area contributed by atoms with E-state index in [1.807, 2.05) is 12.1 Å². The standard InChI is InChI=1S/C11H17IN2/c1-3-7-14(4-2)11-6-5-9(13)8-10(11)12/h5-6,8H,3-4,7,13H2,1-2H3. The van der Waals surface area contributed by atoms with Crippen LogP contribution in [0.15, 0.2) is 18.2 Å². The highest BCUT2D eigenvalue weighted by Crippen LogP contribution is 2.24. The molecule has 0 bridgehead atoms. The fourth-order valence-electron chi connectivity index (χ4n) is 1.50. The predicted molar refractivity (Wildman–Crippen MR) is 71.7 cm³/mol. The Hall–Kier alpha value is -0.450. The van der Waals surface area contributed by atoms with Gasteiger partial charge in [0.1, 0.15) is 0 Å². The summed E-state index contributed by atoms with van der Waals surface area (Å²) in [5.41, 5.74) is 7.85. The molecule has 0 atom stereocenters. The van der Waals surface area contributed by atoms with Gasteiger partial charge in [0.15, 0.2) is 0 Å². The Morgan fingerprint density at radius 2 is 2.07 bits per heavy atom. The lowest BCUT2D eigenvalue weighted by Gasteiger charge is -2.23. The van der Waals surface area contributed by atoms with E-state index in [4.69, 9.17) is 5.73 Å². The van der Waals surface area contributed by atoms with Gasteiger partial charge in [-0.3, -0.25) is 0 Å². The number of rotatable bonds is 4. The molecule has 0 amide bonds. The van der Waals surface area contributed by atoms with E-state index in [1.165, 1.54) is 15.7 Å². The van der Waals surface area contributed by atoms with E-state index in [-0.39, 0.29) is 0 Å². The van der Waals surface area contributed by atoms with Gasteiger partial charge in [-0.05, 0) is 54.1 Å². The lowest BCUT2D eigenvalue weighted by molar-refractivity contribution is 0.790. The molecule has 0 spiro atoms. The summed E-state index contributed by atoms with van der Waals surface area (Å²) in [5.74, 6) is 0. The second-order valence-electron chi connectivity index (χ2n) is 3.29. The molecule has 2 nitrogen and oxygen atoms in total. The molecule has 1 rings (SSSR count). The van der Waals surface area contributed by atoms with Crippen molar-refractivity contribution in [2.45, 2.75) is 20.3 Å². The van der Waals surface area contributed by atoms with Crippen LogP contribution in [0.5, 0.6) is 0 Å². The molecule has 0 aliphatic rings. The van der Waals surface area contributed by atoms with Crippen molar-refractivity contribution >= 4 is 34.0 Å². The van der Waals surface area contributed by atoms with Crippen LogP contribution in [0.2, 0.25) is 0 Å². The second-order valence-corrected chi connectivity index (χ2v) is 4.45. The van der Waals surface area contributed by atoms with E-state index in [0.29, 0.717) is 0 Å². The van der Waals surface area contributed by atoms with Gasteiger partial charge in [-0.1, -0.05) is 6.92 Å². The third-order valence-electron chi connectivity index (χ3n) is 2.19. The molecule has 0 saturated carbocycles. The summed E-state index contributed by atoms with van der Waals surface area (Å²) < 4.78 is 1.23. The third-order valence-corrected chi connectivity index (χ3v) is 3.05. The first-order valence-electron chi connectivity index (χ1n) is 4.99. The smallest absolute Gasteiger partial charge is 0.0503 e. The molecule has 1 aromatic rings. The molecule has 14 heavy (non-hydrogen) atoms. The number of nitrogens with two attached hydrogens (primary N) is 1. The van der Waals surface area contributed by atoms with E-state index in [9.17, 15) is 0 Å². The van der Waals surface area contributed by atoms with Crippen molar-refractivity contribution in [3.05, 3.63) is 21.8 Å². The van der Waals surface area contributed by atoms with Gasteiger partial charge in [-0.25, -0.2) is 0 Å². The number of nitrogens with zero attached hydrogens (tertiary/aromatic N) is 1. The fourth-order valence-corrected chi connectivity index (χ4v) is 2.38. The molecular formula is C11H17IN2. The Labute approximate surface area is 99.6 Å². The number of hydrogen-bond donors (Lipinski definition) is 1. The first-order valence-corrected chi connectivity index (χ1v) is 6.06. The molecule has 2 N–H and O–H groups in total. The van der Waals surface area contributed by atoms with Gasteiger partial charge >= 0.3 is 0 Å². The van der Waals surface area contributed by atoms with Gasteiger partial charge in [-0.2, -0.15) is 0 Å². The van der Waals surface area contributed by atoms with Crippen molar-refractivity contribution in [3.63, 3.8) is 0 Å². The Morgan fingerprint density at radius 3 is 2.57 bits per heavy atom. The highest BCUT2D eigenvalue weighted by atomic mass is 127. The van der Waals surface area contributed by atoms with Crippen LogP contribution < -0.4 is 10.6 Å². The van der Waals surface area contributed by atoms with E-state index in [2.05, 4.69) is 47.4 Å². The molecule has 0 aliphatic heterocycles. The average molecular weight is 304 g/mol. The van der Waals surface area contributed by atoms with Crippen molar-refractivity contribution in [2.75, 3.05) is 23.7 Å². The molecule has 1 aromatic carbocycles. The quantitative estimate of drug-likeness (QED) is 0.684. The third kappa shape index (κ3) is 2.77. The highest BCUT2D eigenvalue weighted by molar-refractivity contribution is 14.1. The number of hydrogen-bond acceptors (Lipinski definition) is 2. The highest BCUT2D eigenvalue weighted by Gasteiger charge is 2.06. The van der Waals surface area contributed by atoms with Crippen LogP contribution >= 0.6 is 22.6 Å². The van der Waals surface area contributed by atoms with Crippen LogP contribution in [0.4, 0.5) is 11.4 Å². The Kier molecular flexibility index (Phi) is 4.51. The van der Waals surface area contributed by atoms with Crippen molar-refractivity contribution in [2.24, 2.45) is 0 Å². The molecular weight excluding hydrogens is 287 g/mol. The maximum atomic E-state index is 5.72. The summed E-state index contributed by atoms with van der Waals surface area (Å²) in [7, 11) is 0. The van der Waals surface area contributed by atoms with Crippen LogP contribution in [0.3, 0.4) is 0 Å². The number of nitrogen functional groups attached to an aromatic ring is 1. The second kappa shape index (κ2) is 5.44. The Bertz CT molecular complexity index is 299. The first kappa shape index (κ1) is 11.6. The first-order chi connectivity index (χ1) is 6.69. The molecule has 78 valence electrons. The minimum absolute atomic E-state index is 0.839. The summed E-state index contributed by atoms with van der Waals surface area (Å²) in [4.78, 5) is 2.38. The molecule has 3 heteroatoms. The van der Waals surface area contributed by atoms with Crippen molar-refractivity contribution in [1.29, 1.82) is 0 Å². The van der Waals surface area contributed by atoms with Crippen LogP contribution in [0.25, 0.3) is 0 Å². The van der Waals surface area contributed by atoms with Gasteiger partial charge in [-0.15, -0.1) is 0 Å². The number of halogens is 1. The monoisotopic (exact) mass is 304 g/mol. The molecule has 0 unspecified atom stereocenters. The van der Waals surface area contributed by atoms with Crippen LogP contribution in [-0.4, -0.2) is 13.1 Å². The van der Waals surface area contributed by atoms with Crippen LogP contribution in [0, 0.1) is 3.57 Å². The maximum absolute atomic E-state index is 5.72. The predicted octanol–water partition coefficient (Wildman–Crippen LogP) is 3.11. The lowest BCUT2D eigenvalue weighted by atomic mass is 10.2. The van der Waals surface area contributed by atoms with Gasteiger partial charge < -0.3 is 10.6 Å². The summed E-state index contributed by atoms with van der Waals surface area (Å²) in [6, 6.07) is 6.10. The van der Waals surface area contributed by atoms with Gasteiger partial charge in [0.25, 0.3) is 0 Å². The Balaban J connectivity index is 2.92. The lowest BCUT2D eigenvalue weighted by Crippen LogP contribution is -2.24. The number of benzene rings is 1. The number of anilines is 2. The molecule has 0 saturated heterocycles. The summed E-state index contributed by atoms with van der Waals surface area (Å²) >= 11 is 2.34. The molecule has 0 fully saturated rings. The fraction of sp³-hybridized carbons (Fsp3) is 0.455. The zero-order valence-electron chi connectivity index (χ0n) is 8.76. The minimum Gasteiger partial charge on any atom is -0.399 e. The summed E-state index contributed by atoms with van der Waals surface area (Å²) in [6.07, 6.45) is 1.17. The van der Waals surface area contributed by atoms with Gasteiger partial charge in [0.05, 0.1) is 5.69 Å². The minimum atomic E-state index is 0.839. The van der Waals surface area contributed by atoms with Gasteiger partial charge in [0.2, 0.25) is 0 Å². The van der Waals surface area contributed by atoms with Gasteiger partial charge in [0, 0.05) is 22.3 Å². The maximum Gasteiger partial charge on any atom is 0.0503 e. The van der Waals surface area contributed by atoms with Crippen LogP contribution in [0.1, 0.15) is 20.3 Å². The van der Waals surface area contributed by atoms with Crippen LogP contribution in [-0.2, 0) is 0 Å².